The molecule has 158 valence electrons. The molecule has 3 atom stereocenters. The first-order valence-electron chi connectivity index (χ1n) is 10.1. The first kappa shape index (κ1) is 21.8. The predicted octanol–water partition coefficient (Wildman–Crippen LogP) is 3.21. The number of nitrogens with two attached hydrogens (primary N) is 1. The van der Waals surface area contributed by atoms with Crippen LogP contribution in [0.15, 0.2) is 48.5 Å². The van der Waals surface area contributed by atoms with Gasteiger partial charge < -0.3 is 10.8 Å². The van der Waals surface area contributed by atoms with Gasteiger partial charge >= 0.3 is 6.03 Å². The van der Waals surface area contributed by atoms with E-state index in [1.807, 2.05) is 18.2 Å². The molecule has 0 aliphatic carbocycles. The number of nitriles is 1. The minimum Gasteiger partial charge on any atom is -0.390 e. The lowest BCUT2D eigenvalue weighted by atomic mass is 9.85. The molecule has 0 spiro atoms. The highest BCUT2D eigenvalue weighted by Crippen LogP contribution is 2.31. The summed E-state index contributed by atoms with van der Waals surface area (Å²) < 4.78 is 13.2. The second kappa shape index (κ2) is 9.70. The van der Waals surface area contributed by atoms with Gasteiger partial charge in [-0.05, 0) is 68.1 Å². The Balaban J connectivity index is 1.59. The summed E-state index contributed by atoms with van der Waals surface area (Å²) in [5, 5.41) is 19.7. The quantitative estimate of drug-likeness (QED) is 0.765. The van der Waals surface area contributed by atoms with Gasteiger partial charge in [-0.3, -0.25) is 9.80 Å². The molecule has 2 aromatic carbocycles. The summed E-state index contributed by atoms with van der Waals surface area (Å²) >= 11 is 0. The molecule has 3 rings (SSSR count). The van der Waals surface area contributed by atoms with Crippen LogP contribution in [0.5, 0.6) is 0 Å². The van der Waals surface area contributed by atoms with Crippen LogP contribution in [0.25, 0.3) is 0 Å². The fraction of sp³-hybridized carbons (Fsp3) is 0.391. The van der Waals surface area contributed by atoms with E-state index in [1.165, 1.54) is 17.0 Å². The highest BCUT2D eigenvalue weighted by molar-refractivity contribution is 5.90. The van der Waals surface area contributed by atoms with E-state index in [2.05, 4.69) is 11.8 Å². The maximum Gasteiger partial charge on any atom is 0.319 e. The topological polar surface area (TPSA) is 93.6 Å². The monoisotopic (exact) mass is 410 g/mol. The minimum atomic E-state index is -0.784. The molecule has 0 aromatic heterocycles. The third-order valence-electron chi connectivity index (χ3n) is 5.75. The fourth-order valence-corrected chi connectivity index (χ4v) is 4.13. The van der Waals surface area contributed by atoms with Gasteiger partial charge in [-0.1, -0.05) is 18.2 Å². The number of aliphatic hydroxyl groups excluding tert-OH is 1. The first-order chi connectivity index (χ1) is 14.4. The van der Waals surface area contributed by atoms with Crippen molar-refractivity contribution in [2.75, 3.05) is 24.5 Å². The largest absolute Gasteiger partial charge is 0.390 e. The number of carbonyl (C=O) groups is 1. The van der Waals surface area contributed by atoms with Gasteiger partial charge in [0.15, 0.2) is 0 Å². The molecule has 2 amide bonds. The Labute approximate surface area is 176 Å². The highest BCUT2D eigenvalue weighted by Gasteiger charge is 2.28. The van der Waals surface area contributed by atoms with E-state index < -0.39 is 12.1 Å². The number of rotatable bonds is 6. The summed E-state index contributed by atoms with van der Waals surface area (Å²) in [5.41, 5.74) is 7.57. The number of aliphatic hydroxyl groups is 1. The van der Waals surface area contributed by atoms with Gasteiger partial charge in [0.2, 0.25) is 0 Å². The lowest BCUT2D eigenvalue weighted by Crippen LogP contribution is -2.48. The zero-order chi connectivity index (χ0) is 21.7. The number of primary amides is 1. The van der Waals surface area contributed by atoms with Crippen LogP contribution in [0.3, 0.4) is 0 Å². The van der Waals surface area contributed by atoms with Crippen molar-refractivity contribution >= 4 is 11.7 Å². The van der Waals surface area contributed by atoms with Gasteiger partial charge in [0, 0.05) is 18.3 Å². The highest BCUT2D eigenvalue weighted by atomic mass is 19.1. The minimum absolute atomic E-state index is 0.0504. The zero-order valence-electron chi connectivity index (χ0n) is 17.0. The average Bonchev–Trinajstić information content (AvgIpc) is 2.74. The Hall–Kier alpha value is -2.95. The number of β-amino-alcohol motifs (C(OH)–C–C–N with tert-alkyl or cyclic N) is 1. The smallest absolute Gasteiger partial charge is 0.319 e. The van der Waals surface area contributed by atoms with Crippen LogP contribution in [-0.4, -0.2) is 47.8 Å². The molecule has 2 unspecified atom stereocenters. The Morgan fingerprint density at radius 1 is 1.37 bits per heavy atom. The van der Waals surface area contributed by atoms with E-state index in [9.17, 15) is 14.3 Å². The molecule has 1 aliphatic heterocycles. The number of amides is 2. The number of nitrogens with zero attached hydrogens (tertiary/aromatic N) is 3. The summed E-state index contributed by atoms with van der Waals surface area (Å²) in [6, 6.07) is 14.9. The number of anilines is 1. The van der Waals surface area contributed by atoms with Crippen LogP contribution in [0, 0.1) is 17.1 Å². The second-order valence-corrected chi connectivity index (χ2v) is 7.88. The van der Waals surface area contributed by atoms with E-state index >= 15 is 0 Å². The number of urea groups is 1. The summed E-state index contributed by atoms with van der Waals surface area (Å²) in [7, 11) is 0. The van der Waals surface area contributed by atoms with Crippen molar-refractivity contribution in [2.45, 2.75) is 37.8 Å². The SMILES string of the molecule is CC1CC(c2ccc(F)cc2)CCN1C[C@@H](O)CN(C(N)=O)c1cccc(C#N)c1. The number of likely N-dealkylation sites (tertiary alicyclic amines) is 1. The second-order valence-electron chi connectivity index (χ2n) is 7.88. The lowest BCUT2D eigenvalue weighted by molar-refractivity contribution is 0.0716. The van der Waals surface area contributed by atoms with Crippen LogP contribution < -0.4 is 10.6 Å². The molecule has 0 radical (unpaired) electrons. The molecule has 30 heavy (non-hydrogen) atoms. The number of hydrogen-bond donors (Lipinski definition) is 2. The number of carbonyl (C=O) groups excluding carboxylic acids is 1. The van der Waals surface area contributed by atoms with E-state index in [0.29, 0.717) is 23.7 Å². The number of halogens is 1. The van der Waals surface area contributed by atoms with Crippen molar-refractivity contribution in [3.05, 3.63) is 65.5 Å². The van der Waals surface area contributed by atoms with Crippen molar-refractivity contribution < 1.29 is 14.3 Å². The Bertz CT molecular complexity index is 912. The molecule has 2 aromatic rings. The zero-order valence-corrected chi connectivity index (χ0v) is 17.0. The van der Waals surface area contributed by atoms with Crippen LogP contribution in [0.2, 0.25) is 0 Å². The molecule has 6 nitrogen and oxygen atoms in total. The average molecular weight is 410 g/mol. The van der Waals surface area contributed by atoms with Crippen molar-refractivity contribution in [1.29, 1.82) is 5.26 Å². The number of benzene rings is 2. The molecular weight excluding hydrogens is 383 g/mol. The molecule has 1 saturated heterocycles. The van der Waals surface area contributed by atoms with E-state index in [1.54, 1.807) is 24.3 Å². The van der Waals surface area contributed by atoms with E-state index in [-0.39, 0.29) is 18.4 Å². The molecule has 1 fully saturated rings. The van der Waals surface area contributed by atoms with Crippen LogP contribution >= 0.6 is 0 Å². The first-order valence-corrected chi connectivity index (χ1v) is 10.1. The fourth-order valence-electron chi connectivity index (χ4n) is 4.13. The van der Waals surface area contributed by atoms with Gasteiger partial charge in [-0.25, -0.2) is 9.18 Å². The van der Waals surface area contributed by atoms with Gasteiger partial charge in [-0.2, -0.15) is 5.26 Å². The Kier molecular flexibility index (Phi) is 7.03. The normalized spacial score (nSPS) is 20.3. The van der Waals surface area contributed by atoms with Gasteiger partial charge in [0.25, 0.3) is 0 Å². The molecule has 7 heteroatoms. The van der Waals surface area contributed by atoms with Crippen molar-refractivity contribution in [1.82, 2.24) is 4.90 Å². The summed E-state index contributed by atoms with van der Waals surface area (Å²) in [5.74, 6) is 0.136. The van der Waals surface area contributed by atoms with Crippen LogP contribution in [0.1, 0.15) is 36.8 Å². The molecule has 0 saturated carbocycles. The van der Waals surface area contributed by atoms with Crippen molar-refractivity contribution in [3.8, 4) is 6.07 Å². The van der Waals surface area contributed by atoms with Gasteiger partial charge in [0.05, 0.1) is 24.3 Å². The van der Waals surface area contributed by atoms with Crippen molar-refractivity contribution in [2.24, 2.45) is 5.73 Å². The number of hydrogen-bond acceptors (Lipinski definition) is 4. The third kappa shape index (κ3) is 5.35. The molecule has 1 heterocycles. The summed E-state index contributed by atoms with van der Waals surface area (Å²) in [4.78, 5) is 15.4. The summed E-state index contributed by atoms with van der Waals surface area (Å²) in [6.45, 7) is 3.39. The summed E-state index contributed by atoms with van der Waals surface area (Å²) in [6.07, 6.45) is 1.06. The lowest BCUT2D eigenvalue weighted by Gasteiger charge is -2.39. The molecule has 3 N–H and O–H groups in total. The molecule has 0 bridgehead atoms. The van der Waals surface area contributed by atoms with Crippen molar-refractivity contribution in [3.63, 3.8) is 0 Å². The maximum atomic E-state index is 13.2. The Morgan fingerprint density at radius 3 is 2.73 bits per heavy atom. The van der Waals surface area contributed by atoms with E-state index in [0.717, 1.165) is 24.9 Å². The van der Waals surface area contributed by atoms with E-state index in [4.69, 9.17) is 11.0 Å². The maximum absolute atomic E-state index is 13.2. The predicted molar refractivity (Wildman–Crippen MR) is 114 cm³/mol. The molecule has 1 aliphatic rings. The number of piperidine rings is 1. The molecular formula is C23H27FN4O2. The van der Waals surface area contributed by atoms with Crippen LogP contribution in [0.4, 0.5) is 14.9 Å². The Morgan fingerprint density at radius 2 is 2.10 bits per heavy atom. The van der Waals surface area contributed by atoms with Gasteiger partial charge in [-0.15, -0.1) is 0 Å². The third-order valence-corrected chi connectivity index (χ3v) is 5.75. The standard InChI is InChI=1S/C23H27FN4O2/c1-16-11-19(18-5-7-20(24)8-6-18)9-10-27(16)14-22(29)15-28(23(26)30)21-4-2-3-17(12-21)13-25/h2-8,12,16,19,22,29H,9-11,14-15H2,1H3,(H2,26,30)/t16?,19?,22-/m1/s1. The van der Waals surface area contributed by atoms with Crippen LogP contribution in [-0.2, 0) is 0 Å². The van der Waals surface area contributed by atoms with Gasteiger partial charge in [0.1, 0.15) is 5.82 Å².